The van der Waals surface area contributed by atoms with Gasteiger partial charge in [-0.1, -0.05) is 24.3 Å². The van der Waals surface area contributed by atoms with Crippen molar-refractivity contribution >= 4 is 5.97 Å². The molecule has 3 heteroatoms. The van der Waals surface area contributed by atoms with Gasteiger partial charge >= 0.3 is 5.97 Å². The van der Waals surface area contributed by atoms with Gasteiger partial charge in [0, 0.05) is 0 Å². The van der Waals surface area contributed by atoms with Crippen LogP contribution in [-0.4, -0.2) is 18.2 Å². The maximum atomic E-state index is 11.2. The first-order valence-corrected chi connectivity index (χ1v) is 5.06. The number of ether oxygens (including phenoxy) is 1. The van der Waals surface area contributed by atoms with E-state index < -0.39 is 6.10 Å². The second-order valence-electron chi connectivity index (χ2n) is 3.86. The lowest BCUT2D eigenvalue weighted by molar-refractivity contribution is -0.141. The maximum Gasteiger partial charge on any atom is 0.306 e. The summed E-state index contributed by atoms with van der Waals surface area (Å²) in [6.45, 7) is 0. The predicted octanol–water partition coefficient (Wildman–Crippen LogP) is 1.77. The summed E-state index contributed by atoms with van der Waals surface area (Å²) in [5, 5.41) is 9.79. The minimum Gasteiger partial charge on any atom is -0.469 e. The molecule has 15 heavy (non-hydrogen) atoms. The van der Waals surface area contributed by atoms with Gasteiger partial charge in [-0.3, -0.25) is 4.79 Å². The highest BCUT2D eigenvalue weighted by molar-refractivity contribution is 5.70. The van der Waals surface area contributed by atoms with Gasteiger partial charge < -0.3 is 9.84 Å². The van der Waals surface area contributed by atoms with Crippen LogP contribution < -0.4 is 0 Å². The molecule has 1 aliphatic rings. The van der Waals surface area contributed by atoms with Crippen molar-refractivity contribution in [2.75, 3.05) is 7.11 Å². The van der Waals surface area contributed by atoms with Crippen LogP contribution in [0.15, 0.2) is 24.3 Å². The number of benzene rings is 1. The number of esters is 1. The average Bonchev–Trinajstić information content (AvgIpc) is 2.57. The predicted molar refractivity (Wildman–Crippen MR) is 55.4 cm³/mol. The molecule has 80 valence electrons. The van der Waals surface area contributed by atoms with Crippen molar-refractivity contribution in [3.05, 3.63) is 35.4 Å². The largest absolute Gasteiger partial charge is 0.469 e. The number of fused-ring (bicyclic) bond motifs is 1. The van der Waals surface area contributed by atoms with Crippen molar-refractivity contribution < 1.29 is 14.6 Å². The number of aliphatic hydroxyl groups excluding tert-OH is 1. The summed E-state index contributed by atoms with van der Waals surface area (Å²) >= 11 is 0. The van der Waals surface area contributed by atoms with Crippen molar-refractivity contribution in [3.63, 3.8) is 0 Å². The summed E-state index contributed by atoms with van der Waals surface area (Å²) in [6, 6.07) is 7.72. The summed E-state index contributed by atoms with van der Waals surface area (Å²) in [4.78, 5) is 11.2. The van der Waals surface area contributed by atoms with E-state index in [9.17, 15) is 9.90 Å². The minimum absolute atomic E-state index is 0.101. The van der Waals surface area contributed by atoms with Gasteiger partial charge in [-0.25, -0.2) is 0 Å². The zero-order valence-electron chi connectivity index (χ0n) is 8.64. The monoisotopic (exact) mass is 206 g/mol. The van der Waals surface area contributed by atoms with Crippen molar-refractivity contribution in [2.24, 2.45) is 0 Å². The van der Waals surface area contributed by atoms with Crippen LogP contribution in [0.5, 0.6) is 0 Å². The molecule has 3 nitrogen and oxygen atoms in total. The van der Waals surface area contributed by atoms with E-state index in [0.717, 1.165) is 11.1 Å². The number of carbonyl (C=O) groups is 1. The molecule has 1 aromatic rings. The Balaban J connectivity index is 2.21. The number of hydrogen-bond donors (Lipinski definition) is 1. The number of methoxy groups -OCH3 is 1. The lowest BCUT2D eigenvalue weighted by Crippen LogP contribution is -2.06. The highest BCUT2D eigenvalue weighted by Gasteiger charge is 2.30. The molecule has 1 aromatic carbocycles. The Labute approximate surface area is 88.7 Å². The number of hydrogen-bond acceptors (Lipinski definition) is 3. The van der Waals surface area contributed by atoms with Gasteiger partial charge in [0.25, 0.3) is 0 Å². The molecule has 2 atom stereocenters. The lowest BCUT2D eigenvalue weighted by Gasteiger charge is -2.08. The van der Waals surface area contributed by atoms with Crippen LogP contribution in [0, 0.1) is 0 Å². The molecule has 0 unspecified atom stereocenters. The molecule has 0 aromatic heterocycles. The second kappa shape index (κ2) is 4.03. The van der Waals surface area contributed by atoms with Crippen LogP contribution in [0.1, 0.15) is 36.0 Å². The second-order valence-corrected chi connectivity index (χ2v) is 3.86. The third kappa shape index (κ3) is 1.88. The number of aliphatic hydroxyl groups is 1. The van der Waals surface area contributed by atoms with E-state index in [1.807, 2.05) is 24.3 Å². The molecule has 0 spiro atoms. The van der Waals surface area contributed by atoms with E-state index >= 15 is 0 Å². The van der Waals surface area contributed by atoms with Crippen molar-refractivity contribution in [3.8, 4) is 0 Å². The summed E-state index contributed by atoms with van der Waals surface area (Å²) in [6.07, 6.45) is 0.537. The van der Waals surface area contributed by atoms with E-state index in [0.29, 0.717) is 12.8 Å². The summed E-state index contributed by atoms with van der Waals surface area (Å²) in [5.41, 5.74) is 2.03. The zero-order chi connectivity index (χ0) is 10.8. The Hall–Kier alpha value is -1.35. The van der Waals surface area contributed by atoms with E-state index in [4.69, 9.17) is 0 Å². The van der Waals surface area contributed by atoms with Crippen LogP contribution in [0.2, 0.25) is 0 Å². The molecule has 0 amide bonds. The third-order valence-corrected chi connectivity index (χ3v) is 2.94. The van der Waals surface area contributed by atoms with Gasteiger partial charge in [0.2, 0.25) is 0 Å². The van der Waals surface area contributed by atoms with Gasteiger partial charge in [-0.15, -0.1) is 0 Å². The molecule has 0 fully saturated rings. The fraction of sp³-hybridized carbons (Fsp3) is 0.417. The molecular formula is C12H14O3. The van der Waals surface area contributed by atoms with Crippen LogP contribution in [-0.2, 0) is 9.53 Å². The standard InChI is InChI=1S/C12H14O3/c1-15-12(14)7-8-6-11(13)10-5-3-2-4-9(8)10/h2-5,8,11,13H,6-7H2,1H3/t8-,11+/m1/s1. The molecule has 0 saturated carbocycles. The van der Waals surface area contributed by atoms with Crippen LogP contribution >= 0.6 is 0 Å². The summed E-state index contributed by atoms with van der Waals surface area (Å²) in [5.74, 6) is -0.118. The SMILES string of the molecule is COC(=O)C[C@H]1C[C@H](O)c2ccccc21. The van der Waals surface area contributed by atoms with E-state index in [-0.39, 0.29) is 11.9 Å². The third-order valence-electron chi connectivity index (χ3n) is 2.94. The molecule has 0 saturated heterocycles. The topological polar surface area (TPSA) is 46.5 Å². The van der Waals surface area contributed by atoms with Crippen molar-refractivity contribution in [1.29, 1.82) is 0 Å². The number of carbonyl (C=O) groups excluding carboxylic acids is 1. The normalized spacial score (nSPS) is 23.6. The molecule has 0 heterocycles. The van der Waals surface area contributed by atoms with Gasteiger partial charge in [-0.2, -0.15) is 0 Å². The first-order chi connectivity index (χ1) is 7.22. The smallest absolute Gasteiger partial charge is 0.306 e. The van der Waals surface area contributed by atoms with E-state index in [1.54, 1.807) is 0 Å². The minimum atomic E-state index is -0.434. The fourth-order valence-electron chi connectivity index (χ4n) is 2.19. The molecule has 2 rings (SSSR count). The highest BCUT2D eigenvalue weighted by atomic mass is 16.5. The summed E-state index contributed by atoms with van der Waals surface area (Å²) in [7, 11) is 1.39. The average molecular weight is 206 g/mol. The Morgan fingerprint density at radius 3 is 2.80 bits per heavy atom. The molecular weight excluding hydrogens is 192 g/mol. The molecule has 1 aliphatic carbocycles. The fourth-order valence-corrected chi connectivity index (χ4v) is 2.19. The highest BCUT2D eigenvalue weighted by Crippen LogP contribution is 2.41. The lowest BCUT2D eigenvalue weighted by atomic mass is 9.98. The molecule has 1 N–H and O–H groups in total. The Morgan fingerprint density at radius 1 is 1.47 bits per heavy atom. The zero-order valence-corrected chi connectivity index (χ0v) is 8.64. The molecule has 0 aliphatic heterocycles. The molecule has 0 bridgehead atoms. The van der Waals surface area contributed by atoms with Crippen LogP contribution in [0.25, 0.3) is 0 Å². The Bertz CT molecular complexity index is 373. The molecule has 0 radical (unpaired) electrons. The van der Waals surface area contributed by atoms with Crippen LogP contribution in [0.3, 0.4) is 0 Å². The Morgan fingerprint density at radius 2 is 2.13 bits per heavy atom. The van der Waals surface area contributed by atoms with Crippen LogP contribution in [0.4, 0.5) is 0 Å². The number of rotatable bonds is 2. The van der Waals surface area contributed by atoms with Gasteiger partial charge in [0.15, 0.2) is 0 Å². The van der Waals surface area contributed by atoms with Gasteiger partial charge in [0.1, 0.15) is 0 Å². The maximum absolute atomic E-state index is 11.2. The first-order valence-electron chi connectivity index (χ1n) is 5.06. The van der Waals surface area contributed by atoms with E-state index in [1.165, 1.54) is 7.11 Å². The van der Waals surface area contributed by atoms with Crippen molar-refractivity contribution in [1.82, 2.24) is 0 Å². The van der Waals surface area contributed by atoms with Crippen molar-refractivity contribution in [2.45, 2.75) is 24.9 Å². The van der Waals surface area contributed by atoms with Gasteiger partial charge in [0.05, 0.1) is 19.6 Å². The quantitative estimate of drug-likeness (QED) is 0.750. The van der Waals surface area contributed by atoms with E-state index in [2.05, 4.69) is 4.74 Å². The van der Waals surface area contributed by atoms with Gasteiger partial charge in [-0.05, 0) is 23.5 Å². The first kappa shape index (κ1) is 10.2. The summed E-state index contributed by atoms with van der Waals surface area (Å²) < 4.78 is 4.64. The Kier molecular flexibility index (Phi) is 2.73.